The Labute approximate surface area is 175 Å². The number of nitrogens with two attached hydrogens (primary N) is 1. The molecule has 1 fully saturated rings. The highest BCUT2D eigenvalue weighted by molar-refractivity contribution is 9.10. The number of halogens is 2. The van der Waals surface area contributed by atoms with E-state index in [1.165, 1.54) is 6.07 Å². The van der Waals surface area contributed by atoms with Crippen molar-refractivity contribution in [2.75, 3.05) is 5.32 Å². The maximum Gasteiger partial charge on any atom is 0.274 e. The van der Waals surface area contributed by atoms with Crippen LogP contribution in [0.25, 0.3) is 0 Å². The van der Waals surface area contributed by atoms with Crippen molar-refractivity contribution < 1.29 is 22.6 Å². The van der Waals surface area contributed by atoms with E-state index in [1.54, 1.807) is 12.1 Å². The number of anilines is 1. The second-order valence-electron chi connectivity index (χ2n) is 6.74. The maximum absolute atomic E-state index is 13.4. The third kappa shape index (κ3) is 5.72. The molecule has 0 amide bonds. The van der Waals surface area contributed by atoms with Crippen LogP contribution in [0.2, 0.25) is 0 Å². The molecule has 5 N–H and O–H groups in total. The van der Waals surface area contributed by atoms with Crippen molar-refractivity contribution in [2.45, 2.75) is 44.2 Å². The molecule has 13 heteroatoms. The van der Waals surface area contributed by atoms with Crippen LogP contribution in [0.15, 0.2) is 32.5 Å². The highest BCUT2D eigenvalue weighted by Gasteiger charge is 2.30. The molecular weight excluding hydrogens is 471 g/mol. The number of benzene rings is 1. The van der Waals surface area contributed by atoms with Crippen molar-refractivity contribution in [2.24, 2.45) is 10.3 Å². The Kier molecular flexibility index (Phi) is 6.82. The second kappa shape index (κ2) is 9.15. The average molecular weight is 491 g/mol. The number of nitrogens with zero attached hydrogens (tertiary/aromatic N) is 3. The standard InChI is InChI=1S/C16H20BrFN6O4S/c17-10-7-9(5-6-11(10)18)8-14(21-25)15-16(23-28-22-15)20-12-3-1-2-4-13(12)24-29(19,26)27/h5-7,12-13,24-25H,1-4,8H2,(H,20,23)(H2,19,26,27). The van der Waals surface area contributed by atoms with Crippen LogP contribution in [0.1, 0.15) is 36.9 Å². The molecule has 10 nitrogen and oxygen atoms in total. The van der Waals surface area contributed by atoms with Crippen LogP contribution in [0.3, 0.4) is 0 Å². The van der Waals surface area contributed by atoms with E-state index in [0.717, 1.165) is 12.8 Å². The van der Waals surface area contributed by atoms with Crippen molar-refractivity contribution in [1.29, 1.82) is 0 Å². The van der Waals surface area contributed by atoms with Gasteiger partial charge in [0.2, 0.25) is 5.82 Å². The highest BCUT2D eigenvalue weighted by atomic mass is 79.9. The van der Waals surface area contributed by atoms with Gasteiger partial charge in [0.25, 0.3) is 10.2 Å². The molecule has 1 saturated carbocycles. The van der Waals surface area contributed by atoms with Gasteiger partial charge in [-0.1, -0.05) is 24.1 Å². The first kappa shape index (κ1) is 21.6. The van der Waals surface area contributed by atoms with Crippen LogP contribution in [0.5, 0.6) is 0 Å². The van der Waals surface area contributed by atoms with Crippen molar-refractivity contribution in [3.8, 4) is 0 Å². The smallest absolute Gasteiger partial charge is 0.274 e. The molecule has 1 aromatic heterocycles. The van der Waals surface area contributed by atoms with Crippen LogP contribution in [-0.2, 0) is 16.6 Å². The van der Waals surface area contributed by atoms with E-state index < -0.39 is 22.1 Å². The first-order valence-electron chi connectivity index (χ1n) is 8.81. The van der Waals surface area contributed by atoms with Gasteiger partial charge in [-0.3, -0.25) is 0 Å². The molecule has 29 heavy (non-hydrogen) atoms. The minimum atomic E-state index is -3.86. The molecule has 1 aliphatic rings. The quantitative estimate of drug-likeness (QED) is 0.262. The van der Waals surface area contributed by atoms with Gasteiger partial charge in [0.05, 0.1) is 4.47 Å². The SMILES string of the molecule is NS(=O)(=O)NC1CCCCC1Nc1nonc1C(Cc1ccc(F)c(Br)c1)=NO. The Bertz CT molecular complexity index is 999. The summed E-state index contributed by atoms with van der Waals surface area (Å²) in [6, 6.07) is 3.69. The fourth-order valence-corrected chi connectivity index (χ4v) is 4.44. The summed E-state index contributed by atoms with van der Waals surface area (Å²) in [5.41, 5.74) is 0.998. The van der Waals surface area contributed by atoms with Crippen LogP contribution >= 0.6 is 15.9 Å². The van der Waals surface area contributed by atoms with Crippen LogP contribution < -0.4 is 15.2 Å². The zero-order chi connectivity index (χ0) is 21.0. The molecule has 3 rings (SSSR count). The summed E-state index contributed by atoms with van der Waals surface area (Å²) in [6.45, 7) is 0. The second-order valence-corrected chi connectivity index (χ2v) is 8.92. The van der Waals surface area contributed by atoms with E-state index in [0.29, 0.717) is 18.4 Å². The summed E-state index contributed by atoms with van der Waals surface area (Å²) in [7, 11) is -3.86. The number of oxime groups is 1. The zero-order valence-corrected chi connectivity index (χ0v) is 17.6. The summed E-state index contributed by atoms with van der Waals surface area (Å²) in [6.07, 6.45) is 3.18. The van der Waals surface area contributed by atoms with Gasteiger partial charge in [0.1, 0.15) is 11.5 Å². The van der Waals surface area contributed by atoms with E-state index in [2.05, 4.69) is 41.4 Å². The molecule has 0 bridgehead atoms. The van der Waals surface area contributed by atoms with Gasteiger partial charge in [-0.2, -0.15) is 13.1 Å². The van der Waals surface area contributed by atoms with E-state index >= 15 is 0 Å². The van der Waals surface area contributed by atoms with Crippen molar-refractivity contribution in [3.05, 3.63) is 39.7 Å². The van der Waals surface area contributed by atoms with E-state index in [1.807, 2.05) is 0 Å². The fourth-order valence-electron chi connectivity index (χ4n) is 3.31. The van der Waals surface area contributed by atoms with E-state index in [-0.39, 0.29) is 34.2 Å². The minimum Gasteiger partial charge on any atom is -0.411 e. The Balaban J connectivity index is 1.78. The lowest BCUT2D eigenvalue weighted by molar-refractivity contribution is 0.303. The van der Waals surface area contributed by atoms with Crippen LogP contribution in [0, 0.1) is 5.82 Å². The van der Waals surface area contributed by atoms with Crippen LogP contribution in [-0.4, -0.2) is 41.7 Å². The zero-order valence-electron chi connectivity index (χ0n) is 15.2. The first-order chi connectivity index (χ1) is 13.8. The molecule has 158 valence electrons. The van der Waals surface area contributed by atoms with Gasteiger partial charge >= 0.3 is 0 Å². The lowest BCUT2D eigenvalue weighted by atomic mass is 9.91. The van der Waals surface area contributed by atoms with Gasteiger partial charge in [-0.15, -0.1) is 0 Å². The van der Waals surface area contributed by atoms with E-state index in [9.17, 15) is 18.0 Å². The van der Waals surface area contributed by atoms with Gasteiger partial charge in [0, 0.05) is 18.5 Å². The molecule has 2 aromatic rings. The molecule has 2 unspecified atom stereocenters. The first-order valence-corrected chi connectivity index (χ1v) is 11.1. The molecule has 1 aromatic carbocycles. The summed E-state index contributed by atoms with van der Waals surface area (Å²) in [5, 5.41) is 28.6. The normalized spacial score (nSPS) is 20.6. The fraction of sp³-hybridized carbons (Fsp3) is 0.438. The number of hydrogen-bond acceptors (Lipinski definition) is 8. The molecule has 0 saturated heterocycles. The molecule has 1 aliphatic carbocycles. The molecule has 2 atom stereocenters. The Hall–Kier alpha value is -2.09. The summed E-state index contributed by atoms with van der Waals surface area (Å²) < 4.78 is 43.8. The average Bonchev–Trinajstić information content (AvgIpc) is 3.11. The molecule has 1 heterocycles. The molecular formula is C16H20BrFN6O4S. The Morgan fingerprint density at radius 3 is 2.72 bits per heavy atom. The van der Waals surface area contributed by atoms with Crippen molar-refractivity contribution in [1.82, 2.24) is 15.0 Å². The lowest BCUT2D eigenvalue weighted by Crippen LogP contribution is -2.50. The van der Waals surface area contributed by atoms with Gasteiger partial charge in [0.15, 0.2) is 5.69 Å². The predicted molar refractivity (Wildman–Crippen MR) is 106 cm³/mol. The Morgan fingerprint density at radius 2 is 2.07 bits per heavy atom. The summed E-state index contributed by atoms with van der Waals surface area (Å²) in [4.78, 5) is 0. The van der Waals surface area contributed by atoms with Crippen molar-refractivity contribution in [3.63, 3.8) is 0 Å². The van der Waals surface area contributed by atoms with Gasteiger partial charge < -0.3 is 10.5 Å². The number of hydrogen-bond donors (Lipinski definition) is 4. The monoisotopic (exact) mass is 490 g/mol. The van der Waals surface area contributed by atoms with Gasteiger partial charge in [-0.05, 0) is 56.8 Å². The predicted octanol–water partition coefficient (Wildman–Crippen LogP) is 1.91. The summed E-state index contributed by atoms with van der Waals surface area (Å²) >= 11 is 3.11. The minimum absolute atomic E-state index is 0.141. The van der Waals surface area contributed by atoms with Crippen LogP contribution in [0.4, 0.5) is 10.2 Å². The third-order valence-electron chi connectivity index (χ3n) is 4.64. The molecule has 0 spiro atoms. The highest BCUT2D eigenvalue weighted by Crippen LogP contribution is 2.24. The Morgan fingerprint density at radius 1 is 1.34 bits per heavy atom. The largest absolute Gasteiger partial charge is 0.411 e. The van der Waals surface area contributed by atoms with Gasteiger partial charge in [-0.25, -0.2) is 14.2 Å². The topological polar surface area (TPSA) is 156 Å². The molecule has 0 radical (unpaired) electrons. The number of nitrogens with one attached hydrogen (secondary N) is 2. The van der Waals surface area contributed by atoms with Crippen molar-refractivity contribution >= 4 is 37.7 Å². The number of rotatable bonds is 7. The lowest BCUT2D eigenvalue weighted by Gasteiger charge is -2.31. The number of aromatic nitrogens is 2. The maximum atomic E-state index is 13.4. The third-order valence-corrected chi connectivity index (χ3v) is 5.88. The summed E-state index contributed by atoms with van der Waals surface area (Å²) in [5.74, 6) is -0.195. The molecule has 0 aliphatic heterocycles. The van der Waals surface area contributed by atoms with E-state index in [4.69, 9.17) is 9.77 Å².